The SMILES string of the molecule is O=S1CCN(CCNCc2ccc(Cl)s2)CC1. The number of rotatable bonds is 5. The molecule has 0 radical (unpaired) electrons. The molecular weight excluding hydrogens is 276 g/mol. The van der Waals surface area contributed by atoms with Crippen LogP contribution in [0.4, 0.5) is 0 Å². The first-order chi connectivity index (χ1) is 8.24. The fraction of sp³-hybridized carbons (Fsp3) is 0.636. The zero-order valence-electron chi connectivity index (χ0n) is 9.65. The number of nitrogens with one attached hydrogen (secondary N) is 1. The lowest BCUT2D eigenvalue weighted by molar-refractivity contribution is 0.298. The summed E-state index contributed by atoms with van der Waals surface area (Å²) in [5.41, 5.74) is 0. The second kappa shape index (κ2) is 6.85. The molecule has 2 heterocycles. The van der Waals surface area contributed by atoms with E-state index in [2.05, 4.69) is 16.3 Å². The smallest absolute Gasteiger partial charge is 0.0931 e. The average molecular weight is 293 g/mol. The highest BCUT2D eigenvalue weighted by atomic mass is 35.5. The third-order valence-corrected chi connectivity index (χ3v) is 5.31. The summed E-state index contributed by atoms with van der Waals surface area (Å²) in [7, 11) is -0.570. The Morgan fingerprint density at radius 2 is 2.18 bits per heavy atom. The van der Waals surface area contributed by atoms with Crippen LogP contribution in [0.1, 0.15) is 4.88 Å². The maximum Gasteiger partial charge on any atom is 0.0931 e. The molecule has 0 amide bonds. The van der Waals surface area contributed by atoms with E-state index >= 15 is 0 Å². The molecule has 0 saturated carbocycles. The van der Waals surface area contributed by atoms with E-state index in [1.165, 1.54) is 4.88 Å². The molecule has 17 heavy (non-hydrogen) atoms. The van der Waals surface area contributed by atoms with E-state index in [1.54, 1.807) is 11.3 Å². The van der Waals surface area contributed by atoms with Gasteiger partial charge in [-0.2, -0.15) is 0 Å². The first-order valence-electron chi connectivity index (χ1n) is 5.76. The van der Waals surface area contributed by atoms with Crippen molar-refractivity contribution < 1.29 is 4.21 Å². The third-order valence-electron chi connectivity index (χ3n) is 2.80. The summed E-state index contributed by atoms with van der Waals surface area (Å²) >= 11 is 7.49. The van der Waals surface area contributed by atoms with Gasteiger partial charge in [-0.25, -0.2) is 0 Å². The molecule has 3 nitrogen and oxygen atoms in total. The molecule has 0 aromatic carbocycles. The number of thiophene rings is 1. The van der Waals surface area contributed by atoms with Crippen LogP contribution in [0.5, 0.6) is 0 Å². The van der Waals surface area contributed by atoms with Gasteiger partial charge in [0.2, 0.25) is 0 Å². The van der Waals surface area contributed by atoms with E-state index in [9.17, 15) is 4.21 Å². The molecule has 1 N–H and O–H groups in total. The predicted molar refractivity (Wildman–Crippen MR) is 75.4 cm³/mol. The predicted octanol–water partition coefficient (Wildman–Crippen LogP) is 1.56. The van der Waals surface area contributed by atoms with E-state index in [1.807, 2.05) is 6.07 Å². The Kier molecular flexibility index (Phi) is 5.44. The second-order valence-corrected chi connectivity index (χ2v) is 7.57. The molecule has 1 aliphatic rings. The van der Waals surface area contributed by atoms with Gasteiger partial charge < -0.3 is 10.2 Å². The molecule has 1 aromatic rings. The first-order valence-corrected chi connectivity index (χ1v) is 8.44. The molecule has 1 aliphatic heterocycles. The summed E-state index contributed by atoms with van der Waals surface area (Å²) in [4.78, 5) is 3.64. The van der Waals surface area contributed by atoms with Gasteiger partial charge in [-0.1, -0.05) is 11.6 Å². The standard InChI is InChI=1S/C11H17ClN2OS2/c12-11-2-1-10(16-11)9-13-3-4-14-5-7-17(15)8-6-14/h1-2,13H,3-9H2. The van der Waals surface area contributed by atoms with E-state index in [0.29, 0.717) is 0 Å². The first kappa shape index (κ1) is 13.5. The van der Waals surface area contributed by atoms with E-state index in [-0.39, 0.29) is 0 Å². The van der Waals surface area contributed by atoms with Gasteiger partial charge in [0.25, 0.3) is 0 Å². The highest BCUT2D eigenvalue weighted by Crippen LogP contribution is 2.20. The monoisotopic (exact) mass is 292 g/mol. The van der Waals surface area contributed by atoms with Gasteiger partial charge in [-0.3, -0.25) is 4.21 Å². The van der Waals surface area contributed by atoms with Gasteiger partial charge in [0.1, 0.15) is 0 Å². The number of nitrogens with zero attached hydrogens (tertiary/aromatic N) is 1. The minimum Gasteiger partial charge on any atom is -0.311 e. The maximum absolute atomic E-state index is 11.2. The fourth-order valence-corrected chi connectivity index (χ4v) is 3.98. The highest BCUT2D eigenvalue weighted by Gasteiger charge is 2.13. The molecule has 1 saturated heterocycles. The van der Waals surface area contributed by atoms with Crippen LogP contribution in [0.3, 0.4) is 0 Å². The Bertz CT molecular complexity index is 373. The topological polar surface area (TPSA) is 32.3 Å². The van der Waals surface area contributed by atoms with Crippen molar-refractivity contribution in [3.63, 3.8) is 0 Å². The van der Waals surface area contributed by atoms with Crippen molar-refractivity contribution in [3.8, 4) is 0 Å². The normalized spacial score (nSPS) is 18.6. The molecule has 0 unspecified atom stereocenters. The molecule has 1 aromatic heterocycles. The molecule has 0 atom stereocenters. The molecule has 96 valence electrons. The van der Waals surface area contributed by atoms with Crippen molar-refractivity contribution in [2.45, 2.75) is 6.54 Å². The van der Waals surface area contributed by atoms with Gasteiger partial charge in [-0.15, -0.1) is 11.3 Å². The van der Waals surface area contributed by atoms with Gasteiger partial charge in [0.15, 0.2) is 0 Å². The van der Waals surface area contributed by atoms with Crippen LogP contribution in [0.2, 0.25) is 4.34 Å². The van der Waals surface area contributed by atoms with Crippen molar-refractivity contribution in [2.24, 2.45) is 0 Å². The molecule has 1 fully saturated rings. The second-order valence-electron chi connectivity index (χ2n) is 4.07. The van der Waals surface area contributed by atoms with Crippen molar-refractivity contribution >= 4 is 33.7 Å². The fourth-order valence-electron chi connectivity index (χ4n) is 1.79. The van der Waals surface area contributed by atoms with Crippen LogP contribution in [0.25, 0.3) is 0 Å². The van der Waals surface area contributed by atoms with Crippen LogP contribution >= 0.6 is 22.9 Å². The summed E-state index contributed by atoms with van der Waals surface area (Å²) in [6, 6.07) is 3.99. The number of hydrogen-bond donors (Lipinski definition) is 1. The maximum atomic E-state index is 11.2. The zero-order chi connectivity index (χ0) is 12.1. The van der Waals surface area contributed by atoms with Gasteiger partial charge in [0, 0.05) is 59.9 Å². The molecule has 0 spiro atoms. The summed E-state index contributed by atoms with van der Waals surface area (Å²) in [5.74, 6) is 1.67. The Labute approximate surface area is 114 Å². The van der Waals surface area contributed by atoms with Crippen molar-refractivity contribution in [2.75, 3.05) is 37.7 Å². The van der Waals surface area contributed by atoms with Crippen LogP contribution in [-0.2, 0) is 17.3 Å². The van der Waals surface area contributed by atoms with E-state index in [4.69, 9.17) is 11.6 Å². The molecule has 0 bridgehead atoms. The van der Waals surface area contributed by atoms with Crippen LogP contribution in [0, 0.1) is 0 Å². The molecule has 6 heteroatoms. The van der Waals surface area contributed by atoms with Crippen molar-refractivity contribution in [3.05, 3.63) is 21.3 Å². The number of halogens is 1. The Hall–Kier alpha value is 0.0600. The minimum atomic E-state index is -0.570. The number of hydrogen-bond acceptors (Lipinski definition) is 4. The Balaban J connectivity index is 1.58. The summed E-state index contributed by atoms with van der Waals surface area (Å²) in [6.45, 7) is 4.84. The highest BCUT2D eigenvalue weighted by molar-refractivity contribution is 7.85. The Morgan fingerprint density at radius 1 is 1.41 bits per heavy atom. The summed E-state index contributed by atoms with van der Waals surface area (Å²) in [6.07, 6.45) is 0. The molecule has 2 rings (SSSR count). The van der Waals surface area contributed by atoms with Crippen molar-refractivity contribution in [1.82, 2.24) is 10.2 Å². The van der Waals surface area contributed by atoms with Gasteiger partial charge >= 0.3 is 0 Å². The quantitative estimate of drug-likeness (QED) is 0.836. The average Bonchev–Trinajstić information content (AvgIpc) is 2.73. The van der Waals surface area contributed by atoms with Crippen LogP contribution < -0.4 is 5.32 Å². The Morgan fingerprint density at radius 3 is 2.82 bits per heavy atom. The third kappa shape index (κ3) is 4.67. The van der Waals surface area contributed by atoms with E-state index < -0.39 is 10.8 Å². The van der Waals surface area contributed by atoms with Crippen LogP contribution in [-0.4, -0.2) is 46.8 Å². The minimum absolute atomic E-state index is 0.570. The zero-order valence-corrected chi connectivity index (χ0v) is 12.0. The summed E-state index contributed by atoms with van der Waals surface area (Å²) in [5, 5.41) is 3.41. The lowest BCUT2D eigenvalue weighted by Crippen LogP contribution is -2.41. The lowest BCUT2D eigenvalue weighted by atomic mass is 10.4. The van der Waals surface area contributed by atoms with Gasteiger partial charge in [-0.05, 0) is 12.1 Å². The van der Waals surface area contributed by atoms with Crippen molar-refractivity contribution in [1.29, 1.82) is 0 Å². The molecule has 0 aliphatic carbocycles. The van der Waals surface area contributed by atoms with Crippen LogP contribution in [0.15, 0.2) is 12.1 Å². The molecular formula is C11H17ClN2OS2. The lowest BCUT2D eigenvalue weighted by Gasteiger charge is -2.25. The van der Waals surface area contributed by atoms with E-state index in [0.717, 1.165) is 48.6 Å². The van der Waals surface area contributed by atoms with Gasteiger partial charge in [0.05, 0.1) is 4.34 Å². The summed E-state index contributed by atoms with van der Waals surface area (Å²) < 4.78 is 12.0. The largest absolute Gasteiger partial charge is 0.311 e.